The number of hydrogen-bond acceptors (Lipinski definition) is 4. The highest BCUT2D eigenvalue weighted by atomic mass is 35.5. The molecule has 2 aromatic carbocycles. The van der Waals surface area contributed by atoms with Gasteiger partial charge in [0.1, 0.15) is 0 Å². The molecule has 2 aromatic rings. The molecule has 0 bridgehead atoms. The topological polar surface area (TPSA) is 86.3 Å². The smallest absolute Gasteiger partial charge is 0.241 e. The van der Waals surface area contributed by atoms with Crippen LogP contribution in [0.5, 0.6) is 0 Å². The molecule has 2 rings (SSSR count). The molecule has 1 N–H and O–H groups in total. The number of benzene rings is 2. The number of carbonyl (C=O) groups excluding carboxylic acids is 1. The summed E-state index contributed by atoms with van der Waals surface area (Å²) in [6, 6.07) is 9.03. The van der Waals surface area contributed by atoms with Gasteiger partial charge in [-0.25, -0.2) is 13.1 Å². The second-order valence-electron chi connectivity index (χ2n) is 6.00. The molecular formula is C18H19ClNO4S-. The van der Waals surface area contributed by atoms with E-state index in [9.17, 15) is 18.3 Å². The first-order valence-electron chi connectivity index (χ1n) is 7.66. The molecule has 0 unspecified atom stereocenters. The molecule has 0 aliphatic carbocycles. The standard InChI is InChI=1S/C18H20ClNO4S/c1-11-8-12(2)18(13(3)9-11)25(23,24)20-16(10-17(21)22)14-6-4-5-7-15(14)19/h4-9,16,20H,10H2,1-3H3,(H,21,22)/p-1/t16-/m1/s1. The Balaban J connectivity index is 2.48. The van der Waals surface area contributed by atoms with Gasteiger partial charge in [0.2, 0.25) is 10.0 Å². The van der Waals surface area contributed by atoms with Crippen molar-refractivity contribution in [2.45, 2.75) is 38.1 Å². The SMILES string of the molecule is Cc1cc(C)c(S(=O)(=O)N[C@H](CC(=O)[O-])c2ccccc2Cl)c(C)c1. The number of halogens is 1. The maximum Gasteiger partial charge on any atom is 0.241 e. The molecule has 0 saturated heterocycles. The van der Waals surface area contributed by atoms with E-state index < -0.39 is 28.5 Å². The Bertz CT molecular complexity index is 886. The monoisotopic (exact) mass is 380 g/mol. The Morgan fingerprint density at radius 1 is 1.16 bits per heavy atom. The van der Waals surface area contributed by atoms with Gasteiger partial charge < -0.3 is 9.90 Å². The van der Waals surface area contributed by atoms with E-state index in [-0.39, 0.29) is 9.92 Å². The Morgan fingerprint density at radius 3 is 2.24 bits per heavy atom. The quantitative estimate of drug-likeness (QED) is 0.833. The summed E-state index contributed by atoms with van der Waals surface area (Å²) in [6.45, 7) is 5.29. The molecular weight excluding hydrogens is 362 g/mol. The highest BCUT2D eigenvalue weighted by Gasteiger charge is 2.26. The third kappa shape index (κ3) is 4.60. The van der Waals surface area contributed by atoms with E-state index in [0.29, 0.717) is 16.7 Å². The molecule has 0 fully saturated rings. The summed E-state index contributed by atoms with van der Waals surface area (Å²) in [5, 5.41) is 11.4. The number of rotatable bonds is 6. The van der Waals surface area contributed by atoms with Crippen molar-refractivity contribution < 1.29 is 18.3 Å². The van der Waals surface area contributed by atoms with Gasteiger partial charge in [0, 0.05) is 17.4 Å². The number of aryl methyl sites for hydroxylation is 3. The molecule has 134 valence electrons. The van der Waals surface area contributed by atoms with E-state index >= 15 is 0 Å². The van der Waals surface area contributed by atoms with Gasteiger partial charge in [-0.05, 0) is 43.5 Å². The fraction of sp³-hybridized carbons (Fsp3) is 0.278. The molecule has 0 heterocycles. The van der Waals surface area contributed by atoms with Gasteiger partial charge in [0.15, 0.2) is 0 Å². The lowest BCUT2D eigenvalue weighted by molar-refractivity contribution is -0.306. The van der Waals surface area contributed by atoms with Gasteiger partial charge in [-0.1, -0.05) is 47.5 Å². The summed E-state index contributed by atoms with van der Waals surface area (Å²) >= 11 is 6.11. The number of sulfonamides is 1. The van der Waals surface area contributed by atoms with Gasteiger partial charge >= 0.3 is 0 Å². The Morgan fingerprint density at radius 2 is 1.72 bits per heavy atom. The molecule has 0 amide bonds. The lowest BCUT2D eigenvalue weighted by Gasteiger charge is -2.22. The first kappa shape index (κ1) is 19.4. The molecule has 5 nitrogen and oxygen atoms in total. The third-order valence-electron chi connectivity index (χ3n) is 3.82. The lowest BCUT2D eigenvalue weighted by atomic mass is 10.1. The number of aliphatic carboxylic acids is 1. The van der Waals surface area contributed by atoms with E-state index in [4.69, 9.17) is 11.6 Å². The van der Waals surface area contributed by atoms with Gasteiger partial charge in [0.05, 0.1) is 10.9 Å². The van der Waals surface area contributed by atoms with Crippen LogP contribution in [0.3, 0.4) is 0 Å². The summed E-state index contributed by atoms with van der Waals surface area (Å²) in [5.74, 6) is -1.37. The van der Waals surface area contributed by atoms with Crippen LogP contribution in [0.4, 0.5) is 0 Å². The largest absolute Gasteiger partial charge is 0.550 e. The van der Waals surface area contributed by atoms with Crippen molar-refractivity contribution in [1.29, 1.82) is 0 Å². The van der Waals surface area contributed by atoms with Crippen LogP contribution >= 0.6 is 11.6 Å². The van der Waals surface area contributed by atoms with Gasteiger partial charge in [-0.3, -0.25) is 0 Å². The Hall–Kier alpha value is -1.89. The molecule has 25 heavy (non-hydrogen) atoms. The van der Waals surface area contributed by atoms with Crippen LogP contribution in [0.15, 0.2) is 41.3 Å². The average molecular weight is 381 g/mol. The van der Waals surface area contributed by atoms with E-state index in [2.05, 4.69) is 4.72 Å². The Kier molecular flexibility index (Phi) is 5.87. The maximum absolute atomic E-state index is 12.9. The van der Waals surface area contributed by atoms with Crippen molar-refractivity contribution in [3.63, 3.8) is 0 Å². The minimum Gasteiger partial charge on any atom is -0.550 e. The average Bonchev–Trinajstić information content (AvgIpc) is 2.44. The third-order valence-corrected chi connectivity index (χ3v) is 5.94. The summed E-state index contributed by atoms with van der Waals surface area (Å²) in [5.41, 5.74) is 2.53. The van der Waals surface area contributed by atoms with Crippen molar-refractivity contribution in [2.24, 2.45) is 0 Å². The Labute approximate surface area is 152 Å². The number of hydrogen-bond donors (Lipinski definition) is 1. The van der Waals surface area contributed by atoms with E-state index in [1.807, 2.05) is 6.92 Å². The number of carbonyl (C=O) groups is 1. The van der Waals surface area contributed by atoms with Gasteiger partial charge in [0.25, 0.3) is 0 Å². The highest BCUT2D eigenvalue weighted by Crippen LogP contribution is 2.28. The zero-order valence-corrected chi connectivity index (χ0v) is 15.7. The van der Waals surface area contributed by atoms with Crippen LogP contribution in [-0.4, -0.2) is 14.4 Å². The molecule has 0 aliphatic heterocycles. The van der Waals surface area contributed by atoms with Crippen LogP contribution in [0, 0.1) is 20.8 Å². The molecule has 0 radical (unpaired) electrons. The van der Waals surface area contributed by atoms with Crippen molar-refractivity contribution in [2.75, 3.05) is 0 Å². The highest BCUT2D eigenvalue weighted by molar-refractivity contribution is 7.89. The van der Waals surface area contributed by atoms with Crippen molar-refractivity contribution in [3.8, 4) is 0 Å². The maximum atomic E-state index is 12.9. The normalized spacial score (nSPS) is 12.8. The van der Waals surface area contributed by atoms with Crippen molar-refractivity contribution >= 4 is 27.6 Å². The van der Waals surface area contributed by atoms with Gasteiger partial charge in [-0.2, -0.15) is 0 Å². The molecule has 1 atom stereocenters. The summed E-state index contributed by atoms with van der Waals surface area (Å²) in [7, 11) is -3.95. The van der Waals surface area contributed by atoms with E-state index in [0.717, 1.165) is 5.56 Å². The minimum absolute atomic E-state index is 0.147. The minimum atomic E-state index is -3.95. The second kappa shape index (κ2) is 7.56. The predicted octanol–water partition coefficient (Wildman–Crippen LogP) is 2.42. The summed E-state index contributed by atoms with van der Waals surface area (Å²) in [6.07, 6.45) is -0.521. The van der Waals surface area contributed by atoms with E-state index in [1.165, 1.54) is 0 Å². The number of nitrogens with one attached hydrogen (secondary N) is 1. The first-order chi connectivity index (χ1) is 11.6. The zero-order chi connectivity index (χ0) is 18.8. The van der Waals surface area contributed by atoms with Crippen molar-refractivity contribution in [1.82, 2.24) is 4.72 Å². The van der Waals surface area contributed by atoms with Crippen LogP contribution in [0.1, 0.15) is 34.7 Å². The first-order valence-corrected chi connectivity index (χ1v) is 9.52. The van der Waals surface area contributed by atoms with E-state index in [1.54, 1.807) is 50.2 Å². The van der Waals surface area contributed by atoms with Crippen LogP contribution in [-0.2, 0) is 14.8 Å². The van der Waals surface area contributed by atoms with Crippen molar-refractivity contribution in [3.05, 3.63) is 63.7 Å². The zero-order valence-electron chi connectivity index (χ0n) is 14.2. The second-order valence-corrected chi connectivity index (χ2v) is 8.06. The molecule has 0 aliphatic rings. The predicted molar refractivity (Wildman–Crippen MR) is 94.8 cm³/mol. The molecule has 0 spiro atoms. The number of carboxylic acid groups (broad SMARTS) is 1. The number of carboxylic acids is 1. The van der Waals surface area contributed by atoms with Crippen LogP contribution < -0.4 is 9.83 Å². The molecule has 0 saturated carbocycles. The van der Waals surface area contributed by atoms with Crippen LogP contribution in [0.2, 0.25) is 5.02 Å². The fourth-order valence-corrected chi connectivity index (χ4v) is 4.91. The summed E-state index contributed by atoms with van der Waals surface area (Å²) in [4.78, 5) is 11.3. The lowest BCUT2D eigenvalue weighted by Crippen LogP contribution is -2.35. The van der Waals surface area contributed by atoms with Crippen LogP contribution in [0.25, 0.3) is 0 Å². The molecule has 7 heteroatoms. The summed E-state index contributed by atoms with van der Waals surface area (Å²) < 4.78 is 28.3. The molecule has 0 aromatic heterocycles. The fourth-order valence-electron chi connectivity index (χ4n) is 2.98. The van der Waals surface area contributed by atoms with Gasteiger partial charge in [-0.15, -0.1) is 0 Å².